The van der Waals surface area contributed by atoms with Gasteiger partial charge in [-0.15, -0.1) is 0 Å². The molecule has 1 amide bonds. The lowest BCUT2D eigenvalue weighted by atomic mass is 10.0. The van der Waals surface area contributed by atoms with E-state index in [0.717, 1.165) is 12.8 Å². The number of rotatable bonds is 7. The molecule has 0 heterocycles. The normalized spacial score (nSPS) is 12.3. The predicted octanol–water partition coefficient (Wildman–Crippen LogP) is 3.15. The fourth-order valence-electron chi connectivity index (χ4n) is 1.75. The molecule has 0 bridgehead atoms. The second kappa shape index (κ2) is 7.77. The summed E-state index contributed by atoms with van der Waals surface area (Å²) < 4.78 is 18.7. The number of ether oxygens (including phenoxy) is 1. The van der Waals surface area contributed by atoms with Gasteiger partial charge in [0.05, 0.1) is 0 Å². The van der Waals surface area contributed by atoms with Crippen LogP contribution in [-0.2, 0) is 4.79 Å². The Balaban J connectivity index is 2.47. The Labute approximate surface area is 114 Å². The van der Waals surface area contributed by atoms with Crippen LogP contribution in [0, 0.1) is 11.7 Å². The largest absolute Gasteiger partial charge is 0.478 e. The number of hydrogen-bond acceptors (Lipinski definition) is 2. The first-order valence-electron chi connectivity index (χ1n) is 6.77. The molecule has 0 spiro atoms. The fourth-order valence-corrected chi connectivity index (χ4v) is 1.75. The third kappa shape index (κ3) is 4.89. The molecule has 106 valence electrons. The molecule has 19 heavy (non-hydrogen) atoms. The van der Waals surface area contributed by atoms with Crippen LogP contribution in [0.3, 0.4) is 0 Å². The van der Waals surface area contributed by atoms with Crippen molar-refractivity contribution in [1.82, 2.24) is 5.32 Å². The molecule has 0 aliphatic rings. The third-order valence-corrected chi connectivity index (χ3v) is 3.23. The zero-order chi connectivity index (χ0) is 14.3. The van der Waals surface area contributed by atoms with Crippen LogP contribution >= 0.6 is 0 Å². The van der Waals surface area contributed by atoms with Crippen LogP contribution in [0.5, 0.6) is 5.75 Å². The molecule has 0 aliphatic heterocycles. The molecule has 0 saturated heterocycles. The summed E-state index contributed by atoms with van der Waals surface area (Å²) in [6.45, 7) is 6.45. The van der Waals surface area contributed by atoms with E-state index < -0.39 is 11.9 Å². The standard InChI is InChI=1S/C15H22FNO2/c1-4-12(5-2)10-17-15(18)11(3)19-14-9-7-6-8-13(14)16/h6-9,11-12H,4-5,10H2,1-3H3,(H,17,18). The van der Waals surface area contributed by atoms with Crippen LogP contribution < -0.4 is 10.1 Å². The van der Waals surface area contributed by atoms with Crippen molar-refractivity contribution >= 4 is 5.91 Å². The van der Waals surface area contributed by atoms with Crippen molar-refractivity contribution in [2.45, 2.75) is 39.7 Å². The summed E-state index contributed by atoms with van der Waals surface area (Å²) in [6, 6.07) is 6.08. The summed E-state index contributed by atoms with van der Waals surface area (Å²) in [5.74, 6) is -0.0883. The van der Waals surface area contributed by atoms with Gasteiger partial charge in [-0.3, -0.25) is 4.79 Å². The number of para-hydroxylation sites is 1. The molecule has 0 aromatic heterocycles. The number of carbonyl (C=O) groups is 1. The van der Waals surface area contributed by atoms with Crippen LogP contribution in [0.2, 0.25) is 0 Å². The number of nitrogens with one attached hydrogen (secondary N) is 1. The molecule has 3 nitrogen and oxygen atoms in total. The van der Waals surface area contributed by atoms with E-state index in [9.17, 15) is 9.18 Å². The van der Waals surface area contributed by atoms with E-state index in [4.69, 9.17) is 4.74 Å². The molecule has 1 aromatic carbocycles. The quantitative estimate of drug-likeness (QED) is 0.824. The van der Waals surface area contributed by atoms with Gasteiger partial charge in [-0.1, -0.05) is 38.8 Å². The van der Waals surface area contributed by atoms with Crippen molar-refractivity contribution in [2.75, 3.05) is 6.54 Å². The maximum Gasteiger partial charge on any atom is 0.260 e. The summed E-state index contributed by atoms with van der Waals surface area (Å²) in [5, 5.41) is 2.84. The monoisotopic (exact) mass is 267 g/mol. The summed E-state index contributed by atoms with van der Waals surface area (Å²) in [6.07, 6.45) is 1.35. The van der Waals surface area contributed by atoms with Crippen molar-refractivity contribution in [2.24, 2.45) is 5.92 Å². The first-order chi connectivity index (χ1) is 9.08. The Bertz CT molecular complexity index is 405. The molecule has 0 radical (unpaired) electrons. The smallest absolute Gasteiger partial charge is 0.260 e. The van der Waals surface area contributed by atoms with Gasteiger partial charge < -0.3 is 10.1 Å². The first-order valence-corrected chi connectivity index (χ1v) is 6.77. The van der Waals surface area contributed by atoms with E-state index in [-0.39, 0.29) is 11.7 Å². The second-order valence-corrected chi connectivity index (χ2v) is 4.62. The highest BCUT2D eigenvalue weighted by atomic mass is 19.1. The van der Waals surface area contributed by atoms with Gasteiger partial charge in [-0.05, 0) is 25.0 Å². The summed E-state index contributed by atoms with van der Waals surface area (Å²) in [4.78, 5) is 11.8. The maximum absolute atomic E-state index is 13.4. The van der Waals surface area contributed by atoms with Crippen molar-refractivity contribution < 1.29 is 13.9 Å². The lowest BCUT2D eigenvalue weighted by Gasteiger charge is -2.17. The van der Waals surface area contributed by atoms with Crippen LogP contribution in [-0.4, -0.2) is 18.6 Å². The van der Waals surface area contributed by atoms with E-state index in [1.165, 1.54) is 12.1 Å². The van der Waals surface area contributed by atoms with Gasteiger partial charge in [0.1, 0.15) is 0 Å². The van der Waals surface area contributed by atoms with Gasteiger partial charge in [-0.2, -0.15) is 0 Å². The minimum absolute atomic E-state index is 0.104. The van der Waals surface area contributed by atoms with Crippen molar-refractivity contribution in [3.8, 4) is 5.75 Å². The molecular formula is C15H22FNO2. The topological polar surface area (TPSA) is 38.3 Å². The fraction of sp³-hybridized carbons (Fsp3) is 0.533. The first kappa shape index (κ1) is 15.5. The predicted molar refractivity (Wildman–Crippen MR) is 73.6 cm³/mol. The molecule has 1 unspecified atom stereocenters. The van der Waals surface area contributed by atoms with Gasteiger partial charge in [0.25, 0.3) is 5.91 Å². The zero-order valence-corrected chi connectivity index (χ0v) is 11.8. The third-order valence-electron chi connectivity index (χ3n) is 3.23. The Morgan fingerprint density at radius 2 is 1.95 bits per heavy atom. The number of halogens is 1. The summed E-state index contributed by atoms with van der Waals surface area (Å²) in [7, 11) is 0. The zero-order valence-electron chi connectivity index (χ0n) is 11.8. The number of amides is 1. The van der Waals surface area contributed by atoms with Gasteiger partial charge in [0.15, 0.2) is 17.7 Å². The molecule has 1 N–H and O–H groups in total. The van der Waals surface area contributed by atoms with Gasteiger partial charge in [0, 0.05) is 6.54 Å². The molecule has 0 saturated carbocycles. The lowest BCUT2D eigenvalue weighted by molar-refractivity contribution is -0.127. The molecule has 1 aromatic rings. The Hall–Kier alpha value is -1.58. The highest BCUT2D eigenvalue weighted by Crippen LogP contribution is 2.17. The Kier molecular flexibility index (Phi) is 6.33. The molecule has 0 aliphatic carbocycles. The summed E-state index contributed by atoms with van der Waals surface area (Å²) >= 11 is 0. The van der Waals surface area contributed by atoms with E-state index in [0.29, 0.717) is 12.5 Å². The van der Waals surface area contributed by atoms with Crippen LogP contribution in [0.4, 0.5) is 4.39 Å². The number of hydrogen-bond donors (Lipinski definition) is 1. The minimum atomic E-state index is -0.703. The second-order valence-electron chi connectivity index (χ2n) is 4.62. The number of carbonyl (C=O) groups excluding carboxylic acids is 1. The maximum atomic E-state index is 13.4. The Morgan fingerprint density at radius 1 is 1.32 bits per heavy atom. The highest BCUT2D eigenvalue weighted by molar-refractivity contribution is 5.80. The van der Waals surface area contributed by atoms with Crippen molar-refractivity contribution in [1.29, 1.82) is 0 Å². The number of benzene rings is 1. The van der Waals surface area contributed by atoms with E-state index >= 15 is 0 Å². The van der Waals surface area contributed by atoms with E-state index in [2.05, 4.69) is 19.2 Å². The van der Waals surface area contributed by atoms with Crippen molar-refractivity contribution in [3.63, 3.8) is 0 Å². The van der Waals surface area contributed by atoms with Crippen molar-refractivity contribution in [3.05, 3.63) is 30.1 Å². The minimum Gasteiger partial charge on any atom is -0.478 e. The van der Waals surface area contributed by atoms with Crippen LogP contribution in [0.25, 0.3) is 0 Å². The van der Waals surface area contributed by atoms with E-state index in [1.54, 1.807) is 19.1 Å². The highest BCUT2D eigenvalue weighted by Gasteiger charge is 2.17. The van der Waals surface area contributed by atoms with Gasteiger partial charge in [-0.25, -0.2) is 4.39 Å². The average molecular weight is 267 g/mol. The van der Waals surface area contributed by atoms with Gasteiger partial charge >= 0.3 is 0 Å². The van der Waals surface area contributed by atoms with E-state index in [1.807, 2.05) is 0 Å². The van der Waals surface area contributed by atoms with Gasteiger partial charge in [0.2, 0.25) is 0 Å². The summed E-state index contributed by atoms with van der Waals surface area (Å²) in [5.41, 5.74) is 0. The molecule has 4 heteroatoms. The molecule has 1 atom stereocenters. The van der Waals surface area contributed by atoms with Crippen LogP contribution in [0.1, 0.15) is 33.6 Å². The molecule has 0 fully saturated rings. The SMILES string of the molecule is CCC(CC)CNC(=O)C(C)Oc1ccccc1F. The Morgan fingerprint density at radius 3 is 2.53 bits per heavy atom. The molecular weight excluding hydrogens is 245 g/mol. The molecule has 1 rings (SSSR count). The van der Waals surface area contributed by atoms with Crippen LogP contribution in [0.15, 0.2) is 24.3 Å². The lowest BCUT2D eigenvalue weighted by Crippen LogP contribution is -2.38. The average Bonchev–Trinajstić information content (AvgIpc) is 2.42.